The lowest BCUT2D eigenvalue weighted by molar-refractivity contribution is -0.150. The number of carbonyl (C=O) groups is 2. The van der Waals surface area contributed by atoms with Crippen LogP contribution in [0.4, 0.5) is 0 Å². The molecule has 0 aromatic heterocycles. The molecule has 1 unspecified atom stereocenters. The van der Waals surface area contributed by atoms with Gasteiger partial charge in [-0.05, 0) is 26.2 Å². The lowest BCUT2D eigenvalue weighted by Crippen LogP contribution is -2.63. The molecule has 2 aliphatic rings. The van der Waals surface area contributed by atoms with Crippen LogP contribution in [0, 0.1) is 0 Å². The van der Waals surface area contributed by atoms with Crippen molar-refractivity contribution in [3.8, 4) is 0 Å². The van der Waals surface area contributed by atoms with E-state index < -0.39 is 17.6 Å². The summed E-state index contributed by atoms with van der Waals surface area (Å²) >= 11 is 0. The minimum absolute atomic E-state index is 0.0363. The van der Waals surface area contributed by atoms with Gasteiger partial charge >= 0.3 is 5.97 Å². The predicted octanol–water partition coefficient (Wildman–Crippen LogP) is -0.169. The van der Waals surface area contributed by atoms with Gasteiger partial charge in [0.05, 0.1) is 19.3 Å². The van der Waals surface area contributed by atoms with E-state index in [0.29, 0.717) is 39.1 Å². The molecule has 1 amide bonds. The Bertz CT molecular complexity index is 335. The Morgan fingerprint density at radius 2 is 1.94 bits per heavy atom. The third-order valence-corrected chi connectivity index (χ3v) is 3.80. The minimum Gasteiger partial charge on any atom is -0.480 e. The molecule has 0 radical (unpaired) electrons. The first kappa shape index (κ1) is 13.3. The second kappa shape index (κ2) is 5.24. The van der Waals surface area contributed by atoms with Gasteiger partial charge in [-0.1, -0.05) is 0 Å². The van der Waals surface area contributed by atoms with E-state index in [0.717, 1.165) is 6.42 Å². The summed E-state index contributed by atoms with van der Waals surface area (Å²) in [6, 6.07) is -0.459. The Hall–Kier alpha value is -1.14. The maximum atomic E-state index is 12.2. The average molecular weight is 256 g/mol. The van der Waals surface area contributed by atoms with Crippen LogP contribution in [0.5, 0.6) is 0 Å². The highest BCUT2D eigenvalue weighted by atomic mass is 16.5. The number of hydrogen-bond acceptors (Lipinski definition) is 4. The monoisotopic (exact) mass is 256 g/mol. The number of carboxylic acids is 1. The van der Waals surface area contributed by atoms with Crippen LogP contribution >= 0.6 is 0 Å². The van der Waals surface area contributed by atoms with Crippen LogP contribution in [0.25, 0.3) is 0 Å². The summed E-state index contributed by atoms with van der Waals surface area (Å²) < 4.78 is 5.19. The van der Waals surface area contributed by atoms with Crippen molar-refractivity contribution >= 4 is 11.9 Å². The van der Waals surface area contributed by atoms with Crippen molar-refractivity contribution in [3.05, 3.63) is 0 Å². The molecule has 0 spiro atoms. The molecule has 2 rings (SSSR count). The van der Waals surface area contributed by atoms with Gasteiger partial charge in [-0.15, -0.1) is 0 Å². The maximum Gasteiger partial charge on any atom is 0.323 e. The van der Waals surface area contributed by atoms with Crippen LogP contribution in [0.15, 0.2) is 0 Å². The predicted molar refractivity (Wildman–Crippen MR) is 64.2 cm³/mol. The Morgan fingerprint density at radius 1 is 1.33 bits per heavy atom. The lowest BCUT2D eigenvalue weighted by atomic mass is 9.76. The summed E-state index contributed by atoms with van der Waals surface area (Å²) in [4.78, 5) is 25.1. The van der Waals surface area contributed by atoms with E-state index in [9.17, 15) is 14.7 Å². The summed E-state index contributed by atoms with van der Waals surface area (Å²) in [5.41, 5.74) is -0.888. The summed E-state index contributed by atoms with van der Waals surface area (Å²) in [6.45, 7) is 4.03. The normalized spacial score (nSPS) is 24.2. The topological polar surface area (TPSA) is 78.9 Å². The van der Waals surface area contributed by atoms with E-state index in [1.165, 1.54) is 0 Å². The third-order valence-electron chi connectivity index (χ3n) is 3.80. The van der Waals surface area contributed by atoms with Crippen molar-refractivity contribution in [2.24, 2.45) is 0 Å². The highest BCUT2D eigenvalue weighted by Gasteiger charge is 2.46. The largest absolute Gasteiger partial charge is 0.480 e. The quantitative estimate of drug-likeness (QED) is 0.730. The molecular formula is C12H20N2O4. The Morgan fingerprint density at radius 3 is 2.39 bits per heavy atom. The zero-order chi connectivity index (χ0) is 13.2. The highest BCUT2D eigenvalue weighted by Crippen LogP contribution is 2.32. The number of aliphatic carboxylic acids is 1. The van der Waals surface area contributed by atoms with Crippen LogP contribution in [0.1, 0.15) is 26.2 Å². The Labute approximate surface area is 106 Å². The molecule has 0 aromatic rings. The molecule has 1 heterocycles. The van der Waals surface area contributed by atoms with Crippen molar-refractivity contribution in [2.75, 3.05) is 26.3 Å². The molecule has 6 nitrogen and oxygen atoms in total. The van der Waals surface area contributed by atoms with Crippen molar-refractivity contribution in [3.63, 3.8) is 0 Å². The van der Waals surface area contributed by atoms with Gasteiger partial charge in [-0.25, -0.2) is 0 Å². The van der Waals surface area contributed by atoms with Gasteiger partial charge in [0, 0.05) is 13.1 Å². The second-order valence-corrected chi connectivity index (χ2v) is 5.04. The number of hydrogen-bond donors (Lipinski definition) is 2. The van der Waals surface area contributed by atoms with Gasteiger partial charge in [-0.3, -0.25) is 14.9 Å². The molecule has 1 aliphatic carbocycles. The Kier molecular flexibility index (Phi) is 3.87. The molecule has 18 heavy (non-hydrogen) atoms. The second-order valence-electron chi connectivity index (χ2n) is 5.04. The first-order valence-corrected chi connectivity index (χ1v) is 6.43. The Balaban J connectivity index is 1.92. The number of nitrogens with one attached hydrogen (secondary N) is 1. The van der Waals surface area contributed by atoms with Crippen LogP contribution in [-0.2, 0) is 14.3 Å². The van der Waals surface area contributed by atoms with Gasteiger partial charge in [0.2, 0.25) is 5.91 Å². The van der Waals surface area contributed by atoms with E-state index in [-0.39, 0.29) is 5.91 Å². The molecule has 1 saturated carbocycles. The van der Waals surface area contributed by atoms with Crippen molar-refractivity contribution in [1.29, 1.82) is 0 Å². The van der Waals surface area contributed by atoms with Crippen LogP contribution in [0.3, 0.4) is 0 Å². The smallest absolute Gasteiger partial charge is 0.323 e. The van der Waals surface area contributed by atoms with Gasteiger partial charge < -0.3 is 14.7 Å². The number of rotatable bonds is 4. The fourth-order valence-corrected chi connectivity index (χ4v) is 2.48. The lowest BCUT2D eigenvalue weighted by Gasteiger charge is -2.41. The zero-order valence-corrected chi connectivity index (χ0v) is 10.6. The van der Waals surface area contributed by atoms with E-state index in [4.69, 9.17) is 4.74 Å². The molecule has 1 saturated heterocycles. The third kappa shape index (κ3) is 2.49. The summed E-state index contributed by atoms with van der Waals surface area (Å²) in [6.07, 6.45) is 2.10. The zero-order valence-electron chi connectivity index (χ0n) is 10.6. The number of carbonyl (C=O) groups excluding carboxylic acids is 1. The summed E-state index contributed by atoms with van der Waals surface area (Å²) in [7, 11) is 0. The summed E-state index contributed by atoms with van der Waals surface area (Å²) in [5, 5.41) is 12.2. The molecule has 1 atom stereocenters. The fourth-order valence-electron chi connectivity index (χ4n) is 2.48. The van der Waals surface area contributed by atoms with Gasteiger partial charge in [0.25, 0.3) is 0 Å². The van der Waals surface area contributed by atoms with Crippen LogP contribution in [-0.4, -0.2) is 59.8 Å². The average Bonchev–Trinajstić information content (AvgIpc) is 2.33. The van der Waals surface area contributed by atoms with Crippen molar-refractivity contribution < 1.29 is 19.4 Å². The number of nitrogens with zero attached hydrogens (tertiary/aromatic N) is 1. The number of amides is 1. The van der Waals surface area contributed by atoms with E-state index in [2.05, 4.69) is 5.32 Å². The molecule has 6 heteroatoms. The molecule has 1 aliphatic heterocycles. The highest BCUT2D eigenvalue weighted by molar-refractivity contribution is 5.85. The fraction of sp³-hybridized carbons (Fsp3) is 0.833. The van der Waals surface area contributed by atoms with Gasteiger partial charge in [0.15, 0.2) is 0 Å². The standard InChI is InChI=1S/C12H20N2O4/c1-9(10(15)14-5-7-18-8-6-14)13-12(11(16)17)3-2-4-12/h9,13H,2-8H2,1H3,(H,16,17). The first-order valence-electron chi connectivity index (χ1n) is 6.43. The molecule has 2 N–H and O–H groups in total. The molecule has 102 valence electrons. The van der Waals surface area contributed by atoms with E-state index in [1.807, 2.05) is 0 Å². The molecule has 0 bridgehead atoms. The number of morpholine rings is 1. The van der Waals surface area contributed by atoms with Gasteiger partial charge in [0.1, 0.15) is 5.54 Å². The van der Waals surface area contributed by atoms with Gasteiger partial charge in [-0.2, -0.15) is 0 Å². The molecule has 0 aromatic carbocycles. The maximum absolute atomic E-state index is 12.2. The minimum atomic E-state index is -0.888. The van der Waals surface area contributed by atoms with E-state index >= 15 is 0 Å². The van der Waals surface area contributed by atoms with Crippen LogP contribution < -0.4 is 5.32 Å². The van der Waals surface area contributed by atoms with Crippen LogP contribution in [0.2, 0.25) is 0 Å². The molecule has 2 fully saturated rings. The number of carboxylic acid groups (broad SMARTS) is 1. The SMILES string of the molecule is CC(NC1(C(=O)O)CCC1)C(=O)N1CCOCC1. The number of ether oxygens (including phenoxy) is 1. The summed E-state index contributed by atoms with van der Waals surface area (Å²) in [5.74, 6) is -0.888. The molecular weight excluding hydrogens is 236 g/mol. The first-order chi connectivity index (χ1) is 8.55. The van der Waals surface area contributed by atoms with Crippen molar-refractivity contribution in [1.82, 2.24) is 10.2 Å². The van der Waals surface area contributed by atoms with Crippen molar-refractivity contribution in [2.45, 2.75) is 37.8 Å². The van der Waals surface area contributed by atoms with E-state index in [1.54, 1.807) is 11.8 Å².